The molecule has 21 heavy (non-hydrogen) atoms. The van der Waals surface area contributed by atoms with Gasteiger partial charge in [-0.05, 0) is 22.4 Å². The van der Waals surface area contributed by atoms with Crippen LogP contribution in [0.2, 0.25) is 0 Å². The summed E-state index contributed by atoms with van der Waals surface area (Å²) in [4.78, 5) is 9.39. The van der Waals surface area contributed by atoms with Gasteiger partial charge in [-0.2, -0.15) is 5.10 Å². The lowest BCUT2D eigenvalue weighted by Gasteiger charge is -2.22. The highest BCUT2D eigenvalue weighted by Crippen LogP contribution is 2.34. The first-order chi connectivity index (χ1) is 9.82. The minimum absolute atomic E-state index is 0.0681. The van der Waals surface area contributed by atoms with E-state index in [0.717, 1.165) is 34.5 Å². The lowest BCUT2D eigenvalue weighted by atomic mass is 9.91. The van der Waals surface area contributed by atoms with Gasteiger partial charge in [0.25, 0.3) is 0 Å². The van der Waals surface area contributed by atoms with Crippen LogP contribution in [0, 0.1) is 0 Å². The zero-order valence-corrected chi connectivity index (χ0v) is 14.8. The van der Waals surface area contributed by atoms with E-state index in [-0.39, 0.29) is 5.41 Å². The average Bonchev–Trinajstić information content (AvgIpc) is 2.83. The van der Waals surface area contributed by atoms with Gasteiger partial charge < -0.3 is 5.32 Å². The number of halogens is 1. The van der Waals surface area contributed by atoms with Crippen molar-refractivity contribution in [2.75, 3.05) is 11.9 Å². The first-order valence-electron chi connectivity index (χ1n) is 7.14. The molecule has 5 nitrogen and oxygen atoms in total. The molecule has 0 spiro atoms. The van der Waals surface area contributed by atoms with Gasteiger partial charge in [-0.15, -0.1) is 0 Å². The molecule has 2 rings (SSSR count). The van der Waals surface area contributed by atoms with Crippen LogP contribution in [0.5, 0.6) is 0 Å². The topological polar surface area (TPSA) is 55.6 Å². The molecule has 0 aromatic carbocycles. The van der Waals surface area contributed by atoms with E-state index in [1.165, 1.54) is 0 Å². The van der Waals surface area contributed by atoms with E-state index in [0.29, 0.717) is 5.82 Å². The van der Waals surface area contributed by atoms with Gasteiger partial charge in [-0.25, -0.2) is 9.97 Å². The molecule has 0 atom stereocenters. The fraction of sp³-hybridized carbons (Fsp3) is 0.533. The first kappa shape index (κ1) is 15.9. The van der Waals surface area contributed by atoms with Gasteiger partial charge in [0.15, 0.2) is 5.82 Å². The second kappa shape index (κ2) is 6.13. The Labute approximate surface area is 134 Å². The summed E-state index contributed by atoms with van der Waals surface area (Å²) < 4.78 is 2.70. The Morgan fingerprint density at radius 3 is 2.52 bits per heavy atom. The van der Waals surface area contributed by atoms with Crippen LogP contribution in [0.15, 0.2) is 16.9 Å². The first-order valence-corrected chi connectivity index (χ1v) is 7.93. The molecule has 0 fully saturated rings. The fourth-order valence-electron chi connectivity index (χ4n) is 1.97. The molecule has 0 aliphatic rings. The molecule has 0 aliphatic carbocycles. The van der Waals surface area contributed by atoms with Gasteiger partial charge in [0.05, 0.1) is 21.9 Å². The number of aromatic nitrogens is 4. The second-order valence-corrected chi connectivity index (χ2v) is 6.93. The normalized spacial score (nSPS) is 11.7. The maximum Gasteiger partial charge on any atom is 0.165 e. The van der Waals surface area contributed by atoms with Crippen LogP contribution in [-0.2, 0) is 12.5 Å². The Kier molecular flexibility index (Phi) is 4.66. The van der Waals surface area contributed by atoms with Crippen molar-refractivity contribution in [2.24, 2.45) is 7.05 Å². The Balaban J connectivity index is 2.55. The van der Waals surface area contributed by atoms with Gasteiger partial charge in [-0.3, -0.25) is 4.68 Å². The predicted molar refractivity (Wildman–Crippen MR) is 89.4 cm³/mol. The molecular formula is C15H22BrN5. The lowest BCUT2D eigenvalue weighted by molar-refractivity contribution is 0.564. The molecule has 6 heteroatoms. The number of hydrogen-bond donors (Lipinski definition) is 1. The summed E-state index contributed by atoms with van der Waals surface area (Å²) >= 11 is 3.65. The van der Waals surface area contributed by atoms with Gasteiger partial charge in [-0.1, -0.05) is 27.7 Å². The molecule has 0 saturated heterocycles. The minimum atomic E-state index is -0.0681. The smallest absolute Gasteiger partial charge is 0.165 e. The highest BCUT2D eigenvalue weighted by Gasteiger charge is 2.23. The molecule has 1 N–H and O–H groups in total. The van der Waals surface area contributed by atoms with Crippen molar-refractivity contribution in [2.45, 2.75) is 39.5 Å². The van der Waals surface area contributed by atoms with E-state index < -0.39 is 0 Å². The van der Waals surface area contributed by atoms with E-state index in [2.05, 4.69) is 59.0 Å². The summed E-state index contributed by atoms with van der Waals surface area (Å²) in [5, 5.41) is 7.57. The van der Waals surface area contributed by atoms with E-state index >= 15 is 0 Å². The zero-order chi connectivity index (χ0) is 15.6. The maximum absolute atomic E-state index is 4.74. The van der Waals surface area contributed by atoms with Crippen LogP contribution in [-0.4, -0.2) is 26.3 Å². The van der Waals surface area contributed by atoms with E-state index in [1.54, 1.807) is 10.9 Å². The van der Waals surface area contributed by atoms with E-state index in [4.69, 9.17) is 4.98 Å². The lowest BCUT2D eigenvalue weighted by Crippen LogP contribution is -2.17. The van der Waals surface area contributed by atoms with Crippen LogP contribution < -0.4 is 5.32 Å². The summed E-state index contributed by atoms with van der Waals surface area (Å²) in [5.74, 6) is 1.55. The Morgan fingerprint density at radius 1 is 1.29 bits per heavy atom. The van der Waals surface area contributed by atoms with Crippen molar-refractivity contribution in [3.05, 3.63) is 22.6 Å². The molecule has 0 aliphatic heterocycles. The van der Waals surface area contributed by atoms with Crippen LogP contribution in [0.25, 0.3) is 11.4 Å². The summed E-state index contributed by atoms with van der Waals surface area (Å²) in [7, 11) is 1.89. The average molecular weight is 352 g/mol. The third-order valence-electron chi connectivity index (χ3n) is 3.07. The van der Waals surface area contributed by atoms with Crippen molar-refractivity contribution < 1.29 is 0 Å². The number of nitrogens with one attached hydrogen (secondary N) is 1. The summed E-state index contributed by atoms with van der Waals surface area (Å²) in [6, 6.07) is 0. The molecule has 2 aromatic rings. The van der Waals surface area contributed by atoms with Crippen LogP contribution >= 0.6 is 15.9 Å². The summed E-state index contributed by atoms with van der Waals surface area (Å²) in [6.07, 6.45) is 4.77. The van der Waals surface area contributed by atoms with Crippen LogP contribution in [0.3, 0.4) is 0 Å². The molecule has 0 bridgehead atoms. The minimum Gasteiger partial charge on any atom is -0.369 e. The molecule has 2 heterocycles. The molecule has 0 amide bonds. The van der Waals surface area contributed by atoms with Crippen molar-refractivity contribution in [1.82, 2.24) is 19.7 Å². The van der Waals surface area contributed by atoms with Crippen LogP contribution in [0.4, 0.5) is 5.82 Å². The quantitative estimate of drug-likeness (QED) is 0.910. The molecule has 0 unspecified atom stereocenters. The monoisotopic (exact) mass is 351 g/mol. The highest BCUT2D eigenvalue weighted by atomic mass is 79.9. The summed E-state index contributed by atoms with van der Waals surface area (Å²) in [6.45, 7) is 9.46. The standard InChI is InChI=1S/C15H22BrN5/c1-6-7-17-14-11(16)12(15(2,3)4)19-13(20-14)10-8-18-21(5)9-10/h8-9H,6-7H2,1-5H3,(H,17,19,20). The number of rotatable bonds is 4. The van der Waals surface area contributed by atoms with Crippen molar-refractivity contribution in [3.8, 4) is 11.4 Å². The van der Waals surface area contributed by atoms with Crippen molar-refractivity contribution >= 4 is 21.7 Å². The number of nitrogens with zero attached hydrogens (tertiary/aromatic N) is 4. The van der Waals surface area contributed by atoms with Gasteiger partial charge >= 0.3 is 0 Å². The van der Waals surface area contributed by atoms with Gasteiger partial charge in [0.1, 0.15) is 5.82 Å². The number of aryl methyl sites for hydroxylation is 1. The largest absolute Gasteiger partial charge is 0.369 e. The van der Waals surface area contributed by atoms with Gasteiger partial charge in [0.2, 0.25) is 0 Å². The van der Waals surface area contributed by atoms with Gasteiger partial charge in [0, 0.05) is 25.2 Å². The van der Waals surface area contributed by atoms with Crippen molar-refractivity contribution in [1.29, 1.82) is 0 Å². The Hall–Kier alpha value is -1.43. The Morgan fingerprint density at radius 2 is 2.00 bits per heavy atom. The number of anilines is 1. The fourth-order valence-corrected chi connectivity index (χ4v) is 2.88. The molecular weight excluding hydrogens is 330 g/mol. The predicted octanol–water partition coefficient (Wildman–Crippen LogP) is 3.76. The SMILES string of the molecule is CCCNc1nc(-c2cnn(C)c2)nc(C(C)(C)C)c1Br. The third kappa shape index (κ3) is 3.61. The van der Waals surface area contributed by atoms with Crippen LogP contribution in [0.1, 0.15) is 39.8 Å². The third-order valence-corrected chi connectivity index (χ3v) is 3.82. The summed E-state index contributed by atoms with van der Waals surface area (Å²) in [5.41, 5.74) is 1.85. The zero-order valence-electron chi connectivity index (χ0n) is 13.2. The van der Waals surface area contributed by atoms with Crippen molar-refractivity contribution in [3.63, 3.8) is 0 Å². The Bertz CT molecular complexity index is 627. The maximum atomic E-state index is 4.74. The molecule has 114 valence electrons. The molecule has 0 saturated carbocycles. The second-order valence-electron chi connectivity index (χ2n) is 6.14. The van der Waals surface area contributed by atoms with E-state index in [1.807, 2.05) is 13.2 Å². The van der Waals surface area contributed by atoms with E-state index in [9.17, 15) is 0 Å². The molecule has 0 radical (unpaired) electrons. The molecule has 2 aromatic heterocycles. The highest BCUT2D eigenvalue weighted by molar-refractivity contribution is 9.10. The number of hydrogen-bond acceptors (Lipinski definition) is 4.